The van der Waals surface area contributed by atoms with Gasteiger partial charge in [0.15, 0.2) is 0 Å². The summed E-state index contributed by atoms with van der Waals surface area (Å²) in [4.78, 5) is 25.8. The summed E-state index contributed by atoms with van der Waals surface area (Å²) in [6, 6.07) is 0. The van der Waals surface area contributed by atoms with E-state index in [1.807, 2.05) is 17.3 Å². The fraction of sp³-hybridized carbons (Fsp3) is 0.706. The van der Waals surface area contributed by atoms with Crippen LogP contribution in [0, 0.1) is 5.92 Å². The lowest BCUT2D eigenvalue weighted by molar-refractivity contribution is -0.141. The van der Waals surface area contributed by atoms with Gasteiger partial charge in [-0.3, -0.25) is 4.79 Å². The number of aromatic nitrogens is 2. The molecule has 3 fully saturated rings. The van der Waals surface area contributed by atoms with Gasteiger partial charge in [-0.15, -0.1) is 0 Å². The Morgan fingerprint density at radius 3 is 2.71 bits per heavy atom. The van der Waals surface area contributed by atoms with Crippen LogP contribution >= 0.6 is 0 Å². The summed E-state index contributed by atoms with van der Waals surface area (Å²) in [7, 11) is 0. The Morgan fingerprint density at radius 1 is 1.25 bits per heavy atom. The van der Waals surface area contributed by atoms with Crippen molar-refractivity contribution in [2.24, 2.45) is 5.92 Å². The van der Waals surface area contributed by atoms with Crippen LogP contribution in [-0.4, -0.2) is 72.4 Å². The standard InChI is InChI=1S/C17H24N4O3/c1-2-12-8-18-17(19-9-12)21-10-13-7-14(15(11-21)24-13)16(22)20-3-5-23-6-4-20/h8-9,13-15H,2-7,10-11H2,1H3/t13-,14-,15-/m0/s1. The lowest BCUT2D eigenvalue weighted by atomic mass is 9.98. The van der Waals surface area contributed by atoms with E-state index in [1.54, 1.807) is 0 Å². The van der Waals surface area contributed by atoms with Gasteiger partial charge in [0.25, 0.3) is 0 Å². The molecule has 0 spiro atoms. The highest BCUT2D eigenvalue weighted by Gasteiger charge is 2.46. The molecule has 3 atom stereocenters. The van der Waals surface area contributed by atoms with Crippen LogP contribution in [0.2, 0.25) is 0 Å². The zero-order valence-electron chi connectivity index (χ0n) is 14.1. The fourth-order valence-corrected chi connectivity index (χ4v) is 3.79. The van der Waals surface area contributed by atoms with E-state index in [4.69, 9.17) is 9.47 Å². The molecule has 4 rings (SSSR count). The lowest BCUT2D eigenvalue weighted by Crippen LogP contribution is -2.48. The SMILES string of the molecule is CCc1cnc(N2C[C@@H]3C[C@H](C(=O)N4CCOCC4)[C@H](C2)O3)nc1. The molecule has 1 amide bonds. The van der Waals surface area contributed by atoms with Gasteiger partial charge in [-0.25, -0.2) is 9.97 Å². The van der Waals surface area contributed by atoms with Crippen LogP contribution in [0.15, 0.2) is 12.4 Å². The second-order valence-corrected chi connectivity index (χ2v) is 6.73. The number of hydrogen-bond donors (Lipinski definition) is 0. The third kappa shape index (κ3) is 2.98. The molecule has 4 heterocycles. The molecular weight excluding hydrogens is 308 g/mol. The smallest absolute Gasteiger partial charge is 0.228 e. The van der Waals surface area contributed by atoms with Gasteiger partial charge >= 0.3 is 0 Å². The Kier molecular flexibility index (Phi) is 4.37. The van der Waals surface area contributed by atoms with E-state index in [1.165, 1.54) is 0 Å². The molecule has 1 aromatic rings. The predicted octanol–water partition coefficient (Wildman–Crippen LogP) is 0.492. The molecular formula is C17H24N4O3. The van der Waals surface area contributed by atoms with Crippen LogP contribution in [0.3, 0.4) is 0 Å². The van der Waals surface area contributed by atoms with Crippen LogP contribution in [0.1, 0.15) is 18.9 Å². The first-order valence-electron chi connectivity index (χ1n) is 8.82. The number of amides is 1. The van der Waals surface area contributed by atoms with Crippen molar-refractivity contribution in [3.05, 3.63) is 18.0 Å². The first-order chi connectivity index (χ1) is 11.7. The highest BCUT2D eigenvalue weighted by atomic mass is 16.5. The second-order valence-electron chi connectivity index (χ2n) is 6.73. The van der Waals surface area contributed by atoms with Gasteiger partial charge in [-0.1, -0.05) is 6.92 Å². The van der Waals surface area contributed by atoms with Crippen molar-refractivity contribution >= 4 is 11.9 Å². The van der Waals surface area contributed by atoms with Crippen molar-refractivity contribution in [3.8, 4) is 0 Å². The van der Waals surface area contributed by atoms with Gasteiger partial charge in [-0.2, -0.15) is 0 Å². The number of rotatable bonds is 3. The summed E-state index contributed by atoms with van der Waals surface area (Å²) < 4.78 is 11.4. The molecule has 7 heteroatoms. The van der Waals surface area contributed by atoms with Crippen molar-refractivity contribution in [1.29, 1.82) is 0 Å². The van der Waals surface area contributed by atoms with E-state index in [0.717, 1.165) is 30.9 Å². The first kappa shape index (κ1) is 15.8. The van der Waals surface area contributed by atoms with E-state index >= 15 is 0 Å². The number of aryl methyl sites for hydroxylation is 1. The number of nitrogens with zero attached hydrogens (tertiary/aromatic N) is 4. The molecule has 7 nitrogen and oxygen atoms in total. The summed E-state index contributed by atoms with van der Waals surface area (Å²) >= 11 is 0. The third-order valence-corrected chi connectivity index (χ3v) is 5.18. The van der Waals surface area contributed by atoms with Crippen LogP contribution in [-0.2, 0) is 20.7 Å². The van der Waals surface area contributed by atoms with Gasteiger partial charge in [0.2, 0.25) is 11.9 Å². The topological polar surface area (TPSA) is 67.8 Å². The van der Waals surface area contributed by atoms with E-state index in [9.17, 15) is 4.79 Å². The predicted molar refractivity (Wildman–Crippen MR) is 87.8 cm³/mol. The number of ether oxygens (including phenoxy) is 2. The largest absolute Gasteiger partial charge is 0.378 e. The molecule has 0 radical (unpaired) electrons. The summed E-state index contributed by atoms with van der Waals surface area (Å²) in [5.74, 6) is 0.910. The van der Waals surface area contributed by atoms with Gasteiger partial charge in [0, 0.05) is 38.6 Å². The lowest BCUT2D eigenvalue weighted by Gasteiger charge is -2.34. The Bertz CT molecular complexity index is 588. The van der Waals surface area contributed by atoms with Crippen molar-refractivity contribution in [3.63, 3.8) is 0 Å². The molecule has 3 aliphatic rings. The number of carbonyl (C=O) groups excluding carboxylic acids is 1. The summed E-state index contributed by atoms with van der Waals surface area (Å²) in [6.45, 7) is 6.19. The second kappa shape index (κ2) is 6.64. The van der Waals surface area contributed by atoms with Crippen LogP contribution in [0.5, 0.6) is 0 Å². The molecule has 24 heavy (non-hydrogen) atoms. The first-order valence-corrected chi connectivity index (χ1v) is 8.82. The van der Waals surface area contributed by atoms with Crippen LogP contribution < -0.4 is 4.90 Å². The molecule has 0 N–H and O–H groups in total. The molecule has 2 bridgehead atoms. The summed E-state index contributed by atoms with van der Waals surface area (Å²) in [5.41, 5.74) is 1.13. The minimum Gasteiger partial charge on any atom is -0.378 e. The van der Waals surface area contributed by atoms with Crippen LogP contribution in [0.25, 0.3) is 0 Å². The fourth-order valence-electron chi connectivity index (χ4n) is 3.79. The van der Waals surface area contributed by atoms with Crippen molar-refractivity contribution in [2.75, 3.05) is 44.3 Å². The Morgan fingerprint density at radius 2 is 2.00 bits per heavy atom. The zero-order chi connectivity index (χ0) is 16.5. The highest BCUT2D eigenvalue weighted by Crippen LogP contribution is 2.34. The van der Waals surface area contributed by atoms with Gasteiger partial charge < -0.3 is 19.3 Å². The number of carbonyl (C=O) groups is 1. The van der Waals surface area contributed by atoms with Crippen molar-refractivity contribution in [2.45, 2.75) is 32.0 Å². The van der Waals surface area contributed by atoms with Gasteiger partial charge in [0.05, 0.1) is 31.3 Å². The quantitative estimate of drug-likeness (QED) is 0.803. The number of fused-ring (bicyclic) bond motifs is 2. The van der Waals surface area contributed by atoms with Crippen molar-refractivity contribution < 1.29 is 14.3 Å². The maximum atomic E-state index is 12.8. The zero-order valence-corrected chi connectivity index (χ0v) is 14.1. The molecule has 0 aromatic carbocycles. The van der Waals surface area contributed by atoms with E-state index in [2.05, 4.69) is 21.8 Å². The van der Waals surface area contributed by atoms with Crippen LogP contribution in [0.4, 0.5) is 5.95 Å². The maximum Gasteiger partial charge on any atom is 0.228 e. The average molecular weight is 332 g/mol. The molecule has 130 valence electrons. The van der Waals surface area contributed by atoms with E-state index in [-0.39, 0.29) is 24.0 Å². The normalized spacial score (nSPS) is 29.8. The van der Waals surface area contributed by atoms with E-state index in [0.29, 0.717) is 32.8 Å². The van der Waals surface area contributed by atoms with Gasteiger partial charge in [0.1, 0.15) is 0 Å². The highest BCUT2D eigenvalue weighted by molar-refractivity contribution is 5.80. The minimum absolute atomic E-state index is 0.0481. The maximum absolute atomic E-state index is 12.8. The minimum atomic E-state index is -0.0615. The molecule has 0 unspecified atom stereocenters. The molecule has 0 aliphatic carbocycles. The third-order valence-electron chi connectivity index (χ3n) is 5.18. The van der Waals surface area contributed by atoms with Gasteiger partial charge in [-0.05, 0) is 18.4 Å². The van der Waals surface area contributed by atoms with E-state index < -0.39 is 0 Å². The summed E-state index contributed by atoms with van der Waals surface area (Å²) in [5, 5.41) is 0. The Hall–Kier alpha value is -1.73. The molecule has 0 saturated carbocycles. The van der Waals surface area contributed by atoms with Crippen molar-refractivity contribution in [1.82, 2.24) is 14.9 Å². The molecule has 1 aromatic heterocycles. The summed E-state index contributed by atoms with van der Waals surface area (Å²) in [6.07, 6.45) is 5.53. The number of anilines is 1. The Labute approximate surface area is 142 Å². The Balaban J connectivity index is 1.44. The number of hydrogen-bond acceptors (Lipinski definition) is 6. The number of morpholine rings is 2. The molecule has 3 saturated heterocycles. The monoisotopic (exact) mass is 332 g/mol. The molecule has 3 aliphatic heterocycles. The average Bonchev–Trinajstić information content (AvgIpc) is 2.95.